The fourth-order valence-electron chi connectivity index (χ4n) is 1.60. The summed E-state index contributed by atoms with van der Waals surface area (Å²) in [5.41, 5.74) is 1.51. The molecule has 1 atom stereocenters. The Kier molecular flexibility index (Phi) is 3.82. The lowest BCUT2D eigenvalue weighted by molar-refractivity contribution is -0.141. The Morgan fingerprint density at radius 2 is 1.62 bits per heavy atom. The molecule has 0 radical (unpaired) electrons. The number of aliphatic carboxylic acids is 1. The Balaban J connectivity index is 2.99. The second-order valence-corrected chi connectivity index (χ2v) is 4.29. The third kappa shape index (κ3) is 2.69. The Hall–Kier alpha value is -1.64. The zero-order chi connectivity index (χ0) is 12.3. The summed E-state index contributed by atoms with van der Waals surface area (Å²) in [5.74, 6) is -2.53. The molecule has 3 nitrogen and oxygen atoms in total. The molecule has 0 aromatic heterocycles. The smallest absolute Gasteiger partial charge is 0.314 e. The molecule has 0 aliphatic heterocycles. The predicted molar refractivity (Wildman–Crippen MR) is 61.5 cm³/mol. The van der Waals surface area contributed by atoms with Gasteiger partial charge in [-0.2, -0.15) is 0 Å². The highest BCUT2D eigenvalue weighted by Gasteiger charge is 2.30. The summed E-state index contributed by atoms with van der Waals surface area (Å²) >= 11 is 0. The molecule has 0 saturated heterocycles. The Morgan fingerprint density at radius 1 is 1.12 bits per heavy atom. The topological polar surface area (TPSA) is 54.4 Å². The minimum absolute atomic E-state index is 0.202. The van der Waals surface area contributed by atoms with Gasteiger partial charge in [0.1, 0.15) is 5.92 Å². The fourth-order valence-corrected chi connectivity index (χ4v) is 1.60. The maximum Gasteiger partial charge on any atom is 0.314 e. The van der Waals surface area contributed by atoms with Crippen LogP contribution in [0.15, 0.2) is 24.3 Å². The summed E-state index contributed by atoms with van der Waals surface area (Å²) in [6.45, 7) is 5.40. The summed E-state index contributed by atoms with van der Waals surface area (Å²) < 4.78 is 0. The quantitative estimate of drug-likeness (QED) is 0.626. The van der Waals surface area contributed by atoms with Crippen LogP contribution in [0.1, 0.15) is 29.8 Å². The van der Waals surface area contributed by atoms with Crippen LogP contribution in [0, 0.1) is 18.8 Å². The van der Waals surface area contributed by atoms with Crippen LogP contribution >= 0.6 is 0 Å². The van der Waals surface area contributed by atoms with Crippen molar-refractivity contribution in [2.45, 2.75) is 20.8 Å². The lowest BCUT2D eigenvalue weighted by Crippen LogP contribution is -2.28. The number of carbonyl (C=O) groups excluding carboxylic acids is 1. The number of rotatable bonds is 4. The number of carboxylic acid groups (broad SMARTS) is 1. The van der Waals surface area contributed by atoms with Crippen molar-refractivity contribution in [3.05, 3.63) is 35.4 Å². The molecule has 0 saturated carbocycles. The summed E-state index contributed by atoms with van der Waals surface area (Å²) in [5, 5.41) is 9.01. The second kappa shape index (κ2) is 4.92. The van der Waals surface area contributed by atoms with E-state index in [-0.39, 0.29) is 11.7 Å². The number of carboxylic acids is 1. The maximum atomic E-state index is 12.0. The molecule has 0 aliphatic carbocycles. The van der Waals surface area contributed by atoms with Crippen LogP contribution in [0.5, 0.6) is 0 Å². The van der Waals surface area contributed by atoms with Crippen LogP contribution in [-0.4, -0.2) is 16.9 Å². The van der Waals surface area contributed by atoms with Gasteiger partial charge in [-0.3, -0.25) is 9.59 Å². The van der Waals surface area contributed by atoms with Gasteiger partial charge < -0.3 is 5.11 Å². The minimum atomic E-state index is -1.06. The molecule has 0 spiro atoms. The summed E-state index contributed by atoms with van der Waals surface area (Å²) in [7, 11) is 0. The zero-order valence-electron chi connectivity index (χ0n) is 9.73. The van der Waals surface area contributed by atoms with E-state index >= 15 is 0 Å². The number of Topliss-reactive ketones (excluding diaryl/α,β-unsaturated/α-hetero) is 1. The normalized spacial score (nSPS) is 12.5. The first-order chi connectivity index (χ1) is 7.43. The average Bonchev–Trinajstić information content (AvgIpc) is 2.17. The van der Waals surface area contributed by atoms with Crippen molar-refractivity contribution < 1.29 is 14.7 Å². The third-order valence-corrected chi connectivity index (χ3v) is 2.55. The van der Waals surface area contributed by atoms with E-state index in [0.29, 0.717) is 5.56 Å². The van der Waals surface area contributed by atoms with E-state index in [9.17, 15) is 9.59 Å². The number of hydrogen-bond donors (Lipinski definition) is 1. The van der Waals surface area contributed by atoms with E-state index < -0.39 is 11.9 Å². The Morgan fingerprint density at radius 3 is 2.00 bits per heavy atom. The summed E-state index contributed by atoms with van der Waals surface area (Å²) in [6, 6.07) is 6.98. The van der Waals surface area contributed by atoms with Gasteiger partial charge in [-0.1, -0.05) is 43.7 Å². The van der Waals surface area contributed by atoms with Crippen molar-refractivity contribution in [3.8, 4) is 0 Å². The van der Waals surface area contributed by atoms with E-state index in [1.807, 2.05) is 19.1 Å². The van der Waals surface area contributed by atoms with E-state index in [1.165, 1.54) is 0 Å². The average molecular weight is 220 g/mol. The van der Waals surface area contributed by atoms with Crippen molar-refractivity contribution in [1.29, 1.82) is 0 Å². The number of ketones is 1. The lowest BCUT2D eigenvalue weighted by atomic mass is 9.88. The first kappa shape index (κ1) is 12.4. The van der Waals surface area contributed by atoms with Crippen LogP contribution in [0.3, 0.4) is 0 Å². The Labute approximate surface area is 95.1 Å². The van der Waals surface area contributed by atoms with Crippen molar-refractivity contribution in [3.63, 3.8) is 0 Å². The van der Waals surface area contributed by atoms with Gasteiger partial charge in [-0.15, -0.1) is 0 Å². The maximum absolute atomic E-state index is 12.0. The van der Waals surface area contributed by atoms with Gasteiger partial charge in [-0.05, 0) is 12.8 Å². The van der Waals surface area contributed by atoms with Gasteiger partial charge in [0.2, 0.25) is 0 Å². The van der Waals surface area contributed by atoms with Crippen LogP contribution in [-0.2, 0) is 4.79 Å². The van der Waals surface area contributed by atoms with Gasteiger partial charge in [0.25, 0.3) is 0 Å². The fraction of sp³-hybridized carbons (Fsp3) is 0.385. The molecular weight excluding hydrogens is 204 g/mol. The van der Waals surface area contributed by atoms with E-state index in [2.05, 4.69) is 0 Å². The van der Waals surface area contributed by atoms with Crippen LogP contribution in [0.4, 0.5) is 0 Å². The molecule has 1 aromatic carbocycles. The van der Waals surface area contributed by atoms with Crippen LogP contribution < -0.4 is 0 Å². The van der Waals surface area contributed by atoms with E-state index in [1.54, 1.807) is 26.0 Å². The molecule has 3 heteroatoms. The monoisotopic (exact) mass is 220 g/mol. The molecular formula is C13H16O3. The van der Waals surface area contributed by atoms with Gasteiger partial charge >= 0.3 is 5.97 Å². The van der Waals surface area contributed by atoms with E-state index in [4.69, 9.17) is 5.11 Å². The van der Waals surface area contributed by atoms with Crippen LogP contribution in [0.25, 0.3) is 0 Å². The molecule has 0 aliphatic rings. The molecule has 1 aromatic rings. The predicted octanol–water partition coefficient (Wildman–Crippen LogP) is 2.53. The van der Waals surface area contributed by atoms with Gasteiger partial charge in [0.15, 0.2) is 5.78 Å². The van der Waals surface area contributed by atoms with Crippen molar-refractivity contribution >= 4 is 11.8 Å². The highest BCUT2D eigenvalue weighted by molar-refractivity contribution is 6.08. The molecule has 1 rings (SSSR count). The standard InChI is InChI=1S/C13H16O3/c1-8(2)11(13(15)16)12(14)10-6-4-9(3)5-7-10/h4-8,11H,1-3H3,(H,15,16). The SMILES string of the molecule is Cc1ccc(C(=O)C(C(=O)O)C(C)C)cc1. The summed E-state index contributed by atoms with van der Waals surface area (Å²) in [4.78, 5) is 23.0. The molecule has 86 valence electrons. The van der Waals surface area contributed by atoms with Crippen LogP contribution in [0.2, 0.25) is 0 Å². The highest BCUT2D eigenvalue weighted by atomic mass is 16.4. The van der Waals surface area contributed by atoms with Gasteiger partial charge in [-0.25, -0.2) is 0 Å². The first-order valence-electron chi connectivity index (χ1n) is 5.27. The number of hydrogen-bond acceptors (Lipinski definition) is 2. The molecule has 1 N–H and O–H groups in total. The third-order valence-electron chi connectivity index (χ3n) is 2.55. The number of aryl methyl sites for hydroxylation is 1. The molecule has 0 fully saturated rings. The number of benzene rings is 1. The number of carbonyl (C=O) groups is 2. The molecule has 16 heavy (non-hydrogen) atoms. The van der Waals surface area contributed by atoms with Crippen molar-refractivity contribution in [2.24, 2.45) is 11.8 Å². The Bertz CT molecular complexity index is 390. The summed E-state index contributed by atoms with van der Waals surface area (Å²) in [6.07, 6.45) is 0. The van der Waals surface area contributed by atoms with Crippen molar-refractivity contribution in [2.75, 3.05) is 0 Å². The minimum Gasteiger partial charge on any atom is -0.481 e. The highest BCUT2D eigenvalue weighted by Crippen LogP contribution is 2.18. The zero-order valence-corrected chi connectivity index (χ0v) is 9.73. The van der Waals surface area contributed by atoms with Gasteiger partial charge in [0, 0.05) is 5.56 Å². The molecule has 0 bridgehead atoms. The van der Waals surface area contributed by atoms with Gasteiger partial charge in [0.05, 0.1) is 0 Å². The second-order valence-electron chi connectivity index (χ2n) is 4.29. The van der Waals surface area contributed by atoms with E-state index in [0.717, 1.165) is 5.56 Å². The first-order valence-corrected chi connectivity index (χ1v) is 5.27. The van der Waals surface area contributed by atoms with Crippen molar-refractivity contribution in [1.82, 2.24) is 0 Å². The largest absolute Gasteiger partial charge is 0.481 e. The molecule has 1 unspecified atom stereocenters. The molecule has 0 amide bonds. The molecule has 0 heterocycles. The lowest BCUT2D eigenvalue weighted by Gasteiger charge is -2.14.